The molecule has 1 aliphatic heterocycles. The molecule has 33 heavy (non-hydrogen) atoms. The topological polar surface area (TPSA) is 97.1 Å². The van der Waals surface area contributed by atoms with E-state index < -0.39 is 9.84 Å². The summed E-state index contributed by atoms with van der Waals surface area (Å²) in [6, 6.07) is 2.18. The van der Waals surface area contributed by atoms with Crippen LogP contribution in [0.4, 0.5) is 5.82 Å². The number of anilines is 1. The van der Waals surface area contributed by atoms with Crippen LogP contribution in [0.5, 0.6) is 0 Å². The first kappa shape index (κ1) is 24.1. The molecule has 1 aliphatic carbocycles. The first-order valence-electron chi connectivity index (χ1n) is 12.0. The van der Waals surface area contributed by atoms with E-state index >= 15 is 0 Å². The minimum absolute atomic E-state index is 0.0604. The Morgan fingerprint density at radius 1 is 1.06 bits per heavy atom. The zero-order chi connectivity index (χ0) is 23.8. The van der Waals surface area contributed by atoms with Gasteiger partial charge in [-0.1, -0.05) is 20.8 Å². The highest BCUT2D eigenvalue weighted by Crippen LogP contribution is 2.33. The maximum Gasteiger partial charge on any atom is 0.249 e. The van der Waals surface area contributed by atoms with Gasteiger partial charge in [-0.05, 0) is 45.1 Å². The third-order valence-corrected chi connectivity index (χ3v) is 8.28. The molecule has 1 saturated heterocycles. The molecule has 2 aromatic rings. The van der Waals surface area contributed by atoms with Gasteiger partial charge in [0, 0.05) is 50.4 Å². The number of piperazine rings is 1. The standard InChI is InChI=1S/C23H37N7O2S/c1-17-26-27-22(28(17)5)33(31,32)14-6-9-29-10-12-30(13-11-29)20-16-19(15-18-7-8-18)24-21(25-20)23(2,3)4/h16,18H,6-15H2,1-5H3. The van der Waals surface area contributed by atoms with Gasteiger partial charge < -0.3 is 9.47 Å². The fourth-order valence-corrected chi connectivity index (χ4v) is 5.54. The van der Waals surface area contributed by atoms with E-state index in [9.17, 15) is 8.42 Å². The molecule has 0 spiro atoms. The van der Waals surface area contributed by atoms with Crippen LogP contribution in [-0.2, 0) is 28.7 Å². The Morgan fingerprint density at radius 3 is 2.33 bits per heavy atom. The van der Waals surface area contributed by atoms with Crippen molar-refractivity contribution < 1.29 is 8.42 Å². The van der Waals surface area contributed by atoms with Gasteiger partial charge in [-0.15, -0.1) is 10.2 Å². The molecule has 3 heterocycles. The predicted molar refractivity (Wildman–Crippen MR) is 128 cm³/mol. The zero-order valence-corrected chi connectivity index (χ0v) is 21.4. The van der Waals surface area contributed by atoms with E-state index in [1.807, 2.05) is 0 Å². The number of rotatable bonds is 8. The Labute approximate surface area is 197 Å². The highest BCUT2D eigenvalue weighted by molar-refractivity contribution is 7.91. The van der Waals surface area contributed by atoms with Crippen LogP contribution in [0.3, 0.4) is 0 Å². The van der Waals surface area contributed by atoms with Crippen molar-refractivity contribution in [1.29, 1.82) is 0 Å². The first-order valence-corrected chi connectivity index (χ1v) is 13.6. The molecular weight excluding hydrogens is 438 g/mol. The van der Waals surface area contributed by atoms with Crippen LogP contribution in [0.2, 0.25) is 0 Å². The fourth-order valence-electron chi connectivity index (χ4n) is 4.13. The van der Waals surface area contributed by atoms with Gasteiger partial charge in [-0.2, -0.15) is 0 Å². The van der Waals surface area contributed by atoms with Crippen molar-refractivity contribution in [2.45, 2.75) is 63.9 Å². The molecule has 10 heteroatoms. The number of nitrogens with zero attached hydrogens (tertiary/aromatic N) is 7. The van der Waals surface area contributed by atoms with Crippen molar-refractivity contribution in [3.63, 3.8) is 0 Å². The lowest BCUT2D eigenvalue weighted by atomic mass is 9.95. The van der Waals surface area contributed by atoms with Crippen LogP contribution in [0.25, 0.3) is 0 Å². The van der Waals surface area contributed by atoms with Crippen LogP contribution in [-0.4, -0.2) is 76.5 Å². The van der Waals surface area contributed by atoms with Gasteiger partial charge in [-0.25, -0.2) is 18.4 Å². The number of hydrogen-bond donors (Lipinski definition) is 0. The van der Waals surface area contributed by atoms with E-state index in [1.54, 1.807) is 18.5 Å². The molecule has 0 amide bonds. The number of aryl methyl sites for hydroxylation is 1. The van der Waals surface area contributed by atoms with Gasteiger partial charge in [0.05, 0.1) is 5.75 Å². The second-order valence-electron chi connectivity index (χ2n) is 10.5. The number of hydrogen-bond acceptors (Lipinski definition) is 8. The average molecular weight is 476 g/mol. The Bertz CT molecular complexity index is 1080. The molecule has 0 bridgehead atoms. The Kier molecular flexibility index (Phi) is 6.77. The highest BCUT2D eigenvalue weighted by Gasteiger charge is 2.27. The molecule has 4 rings (SSSR count). The van der Waals surface area contributed by atoms with Gasteiger partial charge in [0.15, 0.2) is 0 Å². The Balaban J connectivity index is 1.33. The predicted octanol–water partition coefficient (Wildman–Crippen LogP) is 2.15. The second kappa shape index (κ2) is 9.29. The summed E-state index contributed by atoms with van der Waals surface area (Å²) in [5.74, 6) is 3.43. The van der Waals surface area contributed by atoms with Crippen LogP contribution >= 0.6 is 0 Å². The van der Waals surface area contributed by atoms with Crippen molar-refractivity contribution >= 4 is 15.7 Å². The summed E-state index contributed by atoms with van der Waals surface area (Å²) in [5.41, 5.74) is 1.09. The lowest BCUT2D eigenvalue weighted by Crippen LogP contribution is -2.47. The maximum absolute atomic E-state index is 12.6. The van der Waals surface area contributed by atoms with Crippen LogP contribution < -0.4 is 4.90 Å². The molecule has 2 aliphatic rings. The average Bonchev–Trinajstić information content (AvgIpc) is 3.50. The molecule has 2 fully saturated rings. The molecule has 2 aromatic heterocycles. The molecule has 0 N–H and O–H groups in total. The third-order valence-electron chi connectivity index (χ3n) is 6.55. The van der Waals surface area contributed by atoms with Crippen LogP contribution in [0.1, 0.15) is 57.4 Å². The Hall–Kier alpha value is -2.07. The summed E-state index contributed by atoms with van der Waals surface area (Å²) < 4.78 is 26.8. The SMILES string of the molecule is Cc1nnc(S(=O)(=O)CCCN2CCN(c3cc(CC4CC4)nc(C(C)(C)C)n3)CC2)n1C. The van der Waals surface area contributed by atoms with E-state index in [0.29, 0.717) is 12.2 Å². The molecule has 9 nitrogen and oxygen atoms in total. The zero-order valence-electron chi connectivity index (χ0n) is 20.6. The van der Waals surface area contributed by atoms with E-state index in [2.05, 4.69) is 46.8 Å². The number of aromatic nitrogens is 5. The summed E-state index contributed by atoms with van der Waals surface area (Å²) in [6.45, 7) is 12.6. The normalized spacial score (nSPS) is 18.2. The molecular formula is C23H37N7O2S. The lowest BCUT2D eigenvalue weighted by molar-refractivity contribution is 0.258. The second-order valence-corrected chi connectivity index (χ2v) is 12.5. The summed E-state index contributed by atoms with van der Waals surface area (Å²) in [4.78, 5) is 14.5. The first-order chi connectivity index (χ1) is 15.5. The molecule has 0 atom stereocenters. The number of sulfone groups is 1. The molecule has 1 saturated carbocycles. The molecule has 0 unspecified atom stereocenters. The van der Waals surface area contributed by atoms with E-state index in [4.69, 9.17) is 9.97 Å². The third kappa shape index (κ3) is 5.90. The summed E-state index contributed by atoms with van der Waals surface area (Å²) >= 11 is 0. The minimum atomic E-state index is -3.42. The summed E-state index contributed by atoms with van der Waals surface area (Å²) in [6.07, 6.45) is 4.27. The quantitative estimate of drug-likeness (QED) is 0.573. The monoisotopic (exact) mass is 475 g/mol. The molecule has 0 radical (unpaired) electrons. The highest BCUT2D eigenvalue weighted by atomic mass is 32.2. The van der Waals surface area contributed by atoms with Gasteiger partial charge >= 0.3 is 0 Å². The van der Waals surface area contributed by atoms with Gasteiger partial charge in [0.1, 0.15) is 17.5 Å². The maximum atomic E-state index is 12.6. The Morgan fingerprint density at radius 2 is 1.76 bits per heavy atom. The van der Waals surface area contributed by atoms with Crippen LogP contribution in [0.15, 0.2) is 11.2 Å². The van der Waals surface area contributed by atoms with Gasteiger partial charge in [-0.3, -0.25) is 4.90 Å². The fraction of sp³-hybridized carbons (Fsp3) is 0.739. The smallest absolute Gasteiger partial charge is 0.249 e. The van der Waals surface area contributed by atoms with Crippen molar-refractivity contribution in [2.75, 3.05) is 43.4 Å². The summed E-state index contributed by atoms with van der Waals surface area (Å²) in [7, 11) is -1.73. The van der Waals surface area contributed by atoms with Gasteiger partial charge in [0.2, 0.25) is 15.0 Å². The minimum Gasteiger partial charge on any atom is -0.354 e. The van der Waals surface area contributed by atoms with E-state index in [-0.39, 0.29) is 16.3 Å². The summed E-state index contributed by atoms with van der Waals surface area (Å²) in [5, 5.41) is 7.77. The van der Waals surface area contributed by atoms with E-state index in [1.165, 1.54) is 18.5 Å². The molecule has 0 aromatic carbocycles. The van der Waals surface area contributed by atoms with Crippen molar-refractivity contribution in [2.24, 2.45) is 13.0 Å². The molecule has 182 valence electrons. The largest absolute Gasteiger partial charge is 0.354 e. The lowest BCUT2D eigenvalue weighted by Gasteiger charge is -2.36. The van der Waals surface area contributed by atoms with E-state index in [0.717, 1.165) is 56.7 Å². The van der Waals surface area contributed by atoms with Crippen molar-refractivity contribution in [3.05, 3.63) is 23.4 Å². The van der Waals surface area contributed by atoms with Crippen LogP contribution in [0, 0.1) is 12.8 Å². The van der Waals surface area contributed by atoms with Gasteiger partial charge in [0.25, 0.3) is 0 Å². The van der Waals surface area contributed by atoms with Crippen molar-refractivity contribution in [3.8, 4) is 0 Å². The van der Waals surface area contributed by atoms with Crippen molar-refractivity contribution in [1.82, 2.24) is 29.6 Å².